The van der Waals surface area contributed by atoms with E-state index in [9.17, 15) is 4.79 Å². The molecule has 0 atom stereocenters. The highest BCUT2D eigenvalue weighted by Crippen LogP contribution is 2.21. The van der Waals surface area contributed by atoms with E-state index in [0.29, 0.717) is 36.5 Å². The number of aromatic nitrogens is 2. The molecule has 4 rings (SSSR count). The number of nitrogens with one attached hydrogen (secondary N) is 1. The van der Waals surface area contributed by atoms with Gasteiger partial charge < -0.3 is 19.5 Å². The van der Waals surface area contributed by atoms with Crippen LogP contribution in [0, 0.1) is 11.3 Å². The standard InChI is InChI=1S/C25H27N5O3/c1-32-22-11-7-19(8-12-22)25-28-24(33-29-25)4-2-3-23(31)27-20-13-15-30(16-14-20)21-9-5-18(17-26)6-10-21/h5-12,20H,2-4,13-16H2,1H3,(H,27,31). The minimum absolute atomic E-state index is 0.0571. The molecule has 0 unspecified atom stereocenters. The number of carbonyl (C=O) groups is 1. The van der Waals surface area contributed by atoms with Gasteiger partial charge in [-0.15, -0.1) is 0 Å². The maximum absolute atomic E-state index is 12.4. The molecule has 0 saturated carbocycles. The highest BCUT2D eigenvalue weighted by molar-refractivity contribution is 5.76. The number of piperidine rings is 1. The van der Waals surface area contributed by atoms with Gasteiger partial charge >= 0.3 is 0 Å². The van der Waals surface area contributed by atoms with Gasteiger partial charge in [0.1, 0.15) is 5.75 Å². The van der Waals surface area contributed by atoms with Crippen LogP contribution in [0.15, 0.2) is 53.1 Å². The summed E-state index contributed by atoms with van der Waals surface area (Å²) < 4.78 is 10.5. The van der Waals surface area contributed by atoms with E-state index in [2.05, 4.69) is 26.4 Å². The molecular weight excluding hydrogens is 418 g/mol. The molecule has 1 fully saturated rings. The van der Waals surface area contributed by atoms with Crippen molar-refractivity contribution in [1.29, 1.82) is 5.26 Å². The molecule has 0 spiro atoms. The molecule has 0 radical (unpaired) electrons. The van der Waals surface area contributed by atoms with Gasteiger partial charge in [0.25, 0.3) is 0 Å². The summed E-state index contributed by atoms with van der Waals surface area (Å²) in [6, 6.07) is 17.4. The Labute approximate surface area is 193 Å². The largest absolute Gasteiger partial charge is 0.497 e. The summed E-state index contributed by atoms with van der Waals surface area (Å²) in [7, 11) is 1.62. The van der Waals surface area contributed by atoms with Gasteiger partial charge in [-0.2, -0.15) is 10.2 Å². The summed E-state index contributed by atoms with van der Waals surface area (Å²) in [5, 5.41) is 16.1. The summed E-state index contributed by atoms with van der Waals surface area (Å²) in [6.45, 7) is 1.76. The minimum Gasteiger partial charge on any atom is -0.497 e. The lowest BCUT2D eigenvalue weighted by Gasteiger charge is -2.34. The average Bonchev–Trinajstić information content (AvgIpc) is 3.33. The molecule has 1 saturated heterocycles. The van der Waals surface area contributed by atoms with E-state index in [1.54, 1.807) is 7.11 Å². The number of anilines is 1. The number of nitrogens with zero attached hydrogens (tertiary/aromatic N) is 4. The summed E-state index contributed by atoms with van der Waals surface area (Å²) >= 11 is 0. The van der Waals surface area contributed by atoms with Crippen LogP contribution in [0.2, 0.25) is 0 Å². The summed E-state index contributed by atoms with van der Waals surface area (Å²) in [5.74, 6) is 1.89. The predicted octanol–water partition coefficient (Wildman–Crippen LogP) is 3.72. The molecule has 0 bridgehead atoms. The third kappa shape index (κ3) is 5.89. The van der Waals surface area contributed by atoms with Crippen LogP contribution in [-0.4, -0.2) is 42.3 Å². The van der Waals surface area contributed by atoms with E-state index in [-0.39, 0.29) is 11.9 Å². The van der Waals surface area contributed by atoms with Crippen molar-refractivity contribution >= 4 is 11.6 Å². The smallest absolute Gasteiger partial charge is 0.226 e. The zero-order chi connectivity index (χ0) is 23.0. The van der Waals surface area contributed by atoms with Crippen molar-refractivity contribution < 1.29 is 14.1 Å². The van der Waals surface area contributed by atoms with Crippen LogP contribution in [-0.2, 0) is 11.2 Å². The molecule has 1 amide bonds. The lowest BCUT2D eigenvalue weighted by Crippen LogP contribution is -2.44. The lowest BCUT2D eigenvalue weighted by molar-refractivity contribution is -0.122. The third-order valence-electron chi connectivity index (χ3n) is 5.83. The highest BCUT2D eigenvalue weighted by Gasteiger charge is 2.21. The summed E-state index contributed by atoms with van der Waals surface area (Å²) in [4.78, 5) is 19.1. The van der Waals surface area contributed by atoms with E-state index in [0.717, 1.165) is 42.9 Å². The monoisotopic (exact) mass is 445 g/mol. The van der Waals surface area contributed by atoms with Crippen molar-refractivity contribution in [3.8, 4) is 23.2 Å². The van der Waals surface area contributed by atoms with E-state index in [1.807, 2.05) is 48.5 Å². The minimum atomic E-state index is 0.0571. The molecule has 1 aliphatic rings. The first-order valence-corrected chi connectivity index (χ1v) is 11.2. The van der Waals surface area contributed by atoms with Crippen LogP contribution in [0.3, 0.4) is 0 Å². The molecule has 1 aliphatic heterocycles. The highest BCUT2D eigenvalue weighted by atomic mass is 16.5. The number of rotatable bonds is 8. The number of aryl methyl sites for hydroxylation is 1. The van der Waals surface area contributed by atoms with E-state index < -0.39 is 0 Å². The van der Waals surface area contributed by atoms with Crippen molar-refractivity contribution in [3.63, 3.8) is 0 Å². The number of ether oxygens (including phenoxy) is 1. The Bertz CT molecular complexity index is 1090. The van der Waals surface area contributed by atoms with Crippen LogP contribution in [0.1, 0.15) is 37.1 Å². The first-order valence-electron chi connectivity index (χ1n) is 11.2. The maximum Gasteiger partial charge on any atom is 0.226 e. The van der Waals surface area contributed by atoms with Crippen molar-refractivity contribution in [3.05, 3.63) is 60.0 Å². The van der Waals surface area contributed by atoms with Gasteiger partial charge in [-0.1, -0.05) is 5.16 Å². The zero-order valence-corrected chi connectivity index (χ0v) is 18.7. The number of benzene rings is 2. The van der Waals surface area contributed by atoms with Crippen molar-refractivity contribution in [2.75, 3.05) is 25.1 Å². The Morgan fingerprint density at radius 3 is 2.58 bits per heavy atom. The molecule has 2 aromatic carbocycles. The molecule has 33 heavy (non-hydrogen) atoms. The van der Waals surface area contributed by atoms with Gasteiger partial charge in [0.15, 0.2) is 0 Å². The van der Waals surface area contributed by atoms with Crippen molar-refractivity contribution in [2.24, 2.45) is 0 Å². The van der Waals surface area contributed by atoms with Crippen LogP contribution in [0.25, 0.3) is 11.4 Å². The molecule has 1 N–H and O–H groups in total. The summed E-state index contributed by atoms with van der Waals surface area (Å²) in [5.41, 5.74) is 2.64. The topological polar surface area (TPSA) is 104 Å². The second-order valence-corrected chi connectivity index (χ2v) is 8.08. The fraction of sp³-hybridized carbons (Fsp3) is 0.360. The van der Waals surface area contributed by atoms with E-state index in [4.69, 9.17) is 14.5 Å². The fourth-order valence-electron chi connectivity index (χ4n) is 3.94. The number of carbonyl (C=O) groups excluding carboxylic acids is 1. The number of methoxy groups -OCH3 is 1. The Balaban J connectivity index is 1.17. The predicted molar refractivity (Wildman–Crippen MR) is 124 cm³/mol. The van der Waals surface area contributed by atoms with Crippen molar-refractivity contribution in [1.82, 2.24) is 15.5 Å². The zero-order valence-electron chi connectivity index (χ0n) is 18.7. The lowest BCUT2D eigenvalue weighted by atomic mass is 10.0. The molecule has 8 nitrogen and oxygen atoms in total. The van der Waals surface area contributed by atoms with Gasteiger partial charge in [0.05, 0.1) is 18.7 Å². The Morgan fingerprint density at radius 2 is 1.91 bits per heavy atom. The van der Waals surface area contributed by atoms with Gasteiger partial charge in [-0.3, -0.25) is 4.79 Å². The van der Waals surface area contributed by atoms with Crippen molar-refractivity contribution in [2.45, 2.75) is 38.1 Å². The molecule has 3 aromatic rings. The maximum atomic E-state index is 12.4. The molecule has 8 heteroatoms. The second-order valence-electron chi connectivity index (χ2n) is 8.08. The molecule has 0 aliphatic carbocycles. The third-order valence-corrected chi connectivity index (χ3v) is 5.83. The number of nitriles is 1. The molecular formula is C25H27N5O3. The fourth-order valence-corrected chi connectivity index (χ4v) is 3.94. The van der Waals surface area contributed by atoms with Gasteiger partial charge in [-0.25, -0.2) is 0 Å². The first-order chi connectivity index (χ1) is 16.1. The Kier molecular flexibility index (Phi) is 7.20. The van der Waals surface area contributed by atoms with Gasteiger partial charge in [0, 0.05) is 43.2 Å². The number of amides is 1. The van der Waals surface area contributed by atoms with Gasteiger partial charge in [0.2, 0.25) is 17.6 Å². The SMILES string of the molecule is COc1ccc(-c2noc(CCCC(=O)NC3CCN(c4ccc(C#N)cc4)CC3)n2)cc1. The average molecular weight is 446 g/mol. The van der Waals surface area contributed by atoms with Gasteiger partial charge in [-0.05, 0) is 67.8 Å². The number of hydrogen-bond donors (Lipinski definition) is 1. The Morgan fingerprint density at radius 1 is 1.18 bits per heavy atom. The first kappa shape index (κ1) is 22.3. The summed E-state index contributed by atoms with van der Waals surface area (Å²) in [6.07, 6.45) is 3.45. The van der Waals surface area contributed by atoms with Crippen LogP contribution in [0.4, 0.5) is 5.69 Å². The quantitative estimate of drug-likeness (QED) is 0.563. The molecule has 170 valence electrons. The second kappa shape index (κ2) is 10.6. The van der Waals surface area contributed by atoms with Crippen LogP contribution in [0.5, 0.6) is 5.75 Å². The molecule has 1 aromatic heterocycles. The van der Waals surface area contributed by atoms with Crippen LogP contribution < -0.4 is 15.0 Å². The van der Waals surface area contributed by atoms with E-state index >= 15 is 0 Å². The normalized spacial score (nSPS) is 14.0. The van der Waals surface area contributed by atoms with Crippen LogP contribution >= 0.6 is 0 Å². The van der Waals surface area contributed by atoms with E-state index in [1.165, 1.54) is 0 Å². The molecule has 2 heterocycles. The number of hydrogen-bond acceptors (Lipinski definition) is 7. The Hall–Kier alpha value is -3.86.